The molecule has 2 fully saturated rings. The highest BCUT2D eigenvalue weighted by molar-refractivity contribution is 5.87. The minimum Gasteiger partial charge on any atom is -0.377 e. The molecule has 1 saturated carbocycles. The van der Waals surface area contributed by atoms with E-state index in [1.165, 1.54) is 12.8 Å². The molecular formula is C16H23N5O. The number of nitrogens with zero attached hydrogens (tertiary/aromatic N) is 5. The van der Waals surface area contributed by atoms with Gasteiger partial charge in [0.05, 0.1) is 36.4 Å². The van der Waals surface area contributed by atoms with E-state index in [0.717, 1.165) is 42.5 Å². The van der Waals surface area contributed by atoms with E-state index in [2.05, 4.69) is 40.7 Å². The number of ether oxygens (including phenoxy) is 1. The maximum absolute atomic E-state index is 5.70. The zero-order valence-corrected chi connectivity index (χ0v) is 13.5. The highest BCUT2D eigenvalue weighted by atomic mass is 16.5. The summed E-state index contributed by atoms with van der Waals surface area (Å²) in [6, 6.07) is 0.449. The van der Waals surface area contributed by atoms with Gasteiger partial charge in [-0.05, 0) is 39.5 Å². The van der Waals surface area contributed by atoms with Crippen LogP contribution in [-0.4, -0.2) is 45.5 Å². The first-order valence-corrected chi connectivity index (χ1v) is 8.09. The average molecular weight is 301 g/mol. The van der Waals surface area contributed by atoms with Gasteiger partial charge in [-0.1, -0.05) is 0 Å². The Bertz CT molecular complexity index is 685. The van der Waals surface area contributed by atoms with Gasteiger partial charge in [0.2, 0.25) is 0 Å². The molecule has 6 heteroatoms. The molecule has 0 amide bonds. The Balaban J connectivity index is 1.79. The summed E-state index contributed by atoms with van der Waals surface area (Å²) in [5.41, 5.74) is 0.826. The summed E-state index contributed by atoms with van der Waals surface area (Å²) in [6.07, 6.45) is 6.19. The minimum absolute atomic E-state index is 0.0890. The summed E-state index contributed by atoms with van der Waals surface area (Å²) in [5.74, 6) is 1.77. The Morgan fingerprint density at radius 3 is 2.77 bits per heavy atom. The van der Waals surface area contributed by atoms with E-state index in [-0.39, 0.29) is 5.54 Å². The standard InChI is InChI=1S/C16H23N5O/c1-16(2,3)21-15-12(8-19-21)14(17-10-18-15)20-6-7-22-9-13(20)11-4-5-11/h8,10-11,13H,4-7,9H2,1-3H3/t13-/m0/s1. The van der Waals surface area contributed by atoms with Crippen molar-refractivity contribution >= 4 is 16.9 Å². The van der Waals surface area contributed by atoms with E-state index in [4.69, 9.17) is 4.74 Å². The Morgan fingerprint density at radius 1 is 1.23 bits per heavy atom. The smallest absolute Gasteiger partial charge is 0.163 e. The van der Waals surface area contributed by atoms with Gasteiger partial charge in [0, 0.05) is 6.54 Å². The lowest BCUT2D eigenvalue weighted by Gasteiger charge is -2.37. The van der Waals surface area contributed by atoms with Gasteiger partial charge in [0.15, 0.2) is 5.65 Å². The van der Waals surface area contributed by atoms with Crippen molar-refractivity contribution in [2.75, 3.05) is 24.7 Å². The zero-order valence-electron chi connectivity index (χ0n) is 13.5. The van der Waals surface area contributed by atoms with Gasteiger partial charge in [-0.3, -0.25) is 0 Å². The van der Waals surface area contributed by atoms with E-state index in [0.29, 0.717) is 6.04 Å². The maximum atomic E-state index is 5.70. The van der Waals surface area contributed by atoms with Crippen LogP contribution in [0.15, 0.2) is 12.5 Å². The largest absolute Gasteiger partial charge is 0.377 e. The number of anilines is 1. The molecular weight excluding hydrogens is 278 g/mol. The van der Waals surface area contributed by atoms with Crippen LogP contribution in [0.25, 0.3) is 11.0 Å². The monoisotopic (exact) mass is 301 g/mol. The molecule has 1 aliphatic carbocycles. The number of hydrogen-bond acceptors (Lipinski definition) is 5. The molecule has 3 heterocycles. The molecule has 0 spiro atoms. The zero-order chi connectivity index (χ0) is 15.3. The van der Waals surface area contributed by atoms with Crippen molar-refractivity contribution in [2.24, 2.45) is 5.92 Å². The van der Waals surface area contributed by atoms with Crippen LogP contribution in [0.3, 0.4) is 0 Å². The maximum Gasteiger partial charge on any atom is 0.163 e. The summed E-state index contributed by atoms with van der Waals surface area (Å²) < 4.78 is 7.69. The molecule has 118 valence electrons. The number of hydrogen-bond donors (Lipinski definition) is 0. The van der Waals surface area contributed by atoms with Crippen LogP contribution >= 0.6 is 0 Å². The van der Waals surface area contributed by atoms with Crippen LogP contribution in [0.2, 0.25) is 0 Å². The first kappa shape index (κ1) is 13.9. The van der Waals surface area contributed by atoms with Crippen LogP contribution < -0.4 is 4.90 Å². The summed E-state index contributed by atoms with van der Waals surface area (Å²) in [4.78, 5) is 11.5. The molecule has 1 saturated heterocycles. The Kier molecular flexibility index (Phi) is 3.11. The highest BCUT2D eigenvalue weighted by Crippen LogP contribution is 2.39. The van der Waals surface area contributed by atoms with Crippen molar-refractivity contribution in [1.29, 1.82) is 0 Å². The minimum atomic E-state index is -0.0890. The second-order valence-corrected chi connectivity index (χ2v) is 7.33. The second-order valence-electron chi connectivity index (χ2n) is 7.33. The van der Waals surface area contributed by atoms with Crippen molar-refractivity contribution in [3.63, 3.8) is 0 Å². The fourth-order valence-electron chi connectivity index (χ4n) is 3.31. The lowest BCUT2D eigenvalue weighted by molar-refractivity contribution is 0.0876. The molecule has 0 N–H and O–H groups in total. The topological polar surface area (TPSA) is 56.1 Å². The van der Waals surface area contributed by atoms with E-state index >= 15 is 0 Å². The number of morpholine rings is 1. The van der Waals surface area contributed by atoms with Gasteiger partial charge in [0.1, 0.15) is 12.1 Å². The first-order valence-electron chi connectivity index (χ1n) is 8.09. The molecule has 2 aromatic rings. The van der Waals surface area contributed by atoms with E-state index in [1.54, 1.807) is 6.33 Å². The highest BCUT2D eigenvalue weighted by Gasteiger charge is 2.38. The number of aromatic nitrogens is 4. The van der Waals surface area contributed by atoms with Gasteiger partial charge < -0.3 is 9.64 Å². The molecule has 6 nitrogen and oxygen atoms in total. The lowest BCUT2D eigenvalue weighted by Crippen LogP contribution is -2.47. The van der Waals surface area contributed by atoms with Crippen molar-refractivity contribution < 1.29 is 4.74 Å². The Hall–Kier alpha value is -1.69. The van der Waals surface area contributed by atoms with Crippen LogP contribution in [0, 0.1) is 5.92 Å². The molecule has 1 atom stereocenters. The summed E-state index contributed by atoms with van der Waals surface area (Å²) in [5, 5.41) is 5.61. The van der Waals surface area contributed by atoms with E-state index in [1.807, 2.05) is 10.9 Å². The van der Waals surface area contributed by atoms with Gasteiger partial charge in [0.25, 0.3) is 0 Å². The predicted octanol–water partition coefficient (Wildman–Crippen LogP) is 2.20. The lowest BCUT2D eigenvalue weighted by atomic mass is 10.1. The quantitative estimate of drug-likeness (QED) is 0.851. The van der Waals surface area contributed by atoms with Crippen molar-refractivity contribution in [3.8, 4) is 0 Å². The van der Waals surface area contributed by atoms with Gasteiger partial charge in [-0.2, -0.15) is 5.10 Å². The summed E-state index contributed by atoms with van der Waals surface area (Å²) in [7, 11) is 0. The molecule has 4 rings (SSSR count). The van der Waals surface area contributed by atoms with Crippen molar-refractivity contribution in [2.45, 2.75) is 45.2 Å². The third-order valence-corrected chi connectivity index (χ3v) is 4.58. The average Bonchev–Trinajstić information content (AvgIpc) is 3.23. The summed E-state index contributed by atoms with van der Waals surface area (Å²) in [6.45, 7) is 8.90. The van der Waals surface area contributed by atoms with Crippen LogP contribution in [0.4, 0.5) is 5.82 Å². The molecule has 0 bridgehead atoms. The first-order chi connectivity index (χ1) is 10.6. The van der Waals surface area contributed by atoms with E-state index < -0.39 is 0 Å². The third kappa shape index (κ3) is 2.26. The van der Waals surface area contributed by atoms with Gasteiger partial charge in [-0.25, -0.2) is 14.6 Å². The fraction of sp³-hybridized carbons (Fsp3) is 0.688. The molecule has 1 aliphatic heterocycles. The van der Waals surface area contributed by atoms with Crippen LogP contribution in [-0.2, 0) is 10.3 Å². The molecule has 0 unspecified atom stereocenters. The van der Waals surface area contributed by atoms with Crippen LogP contribution in [0.1, 0.15) is 33.6 Å². The predicted molar refractivity (Wildman–Crippen MR) is 85.0 cm³/mol. The summed E-state index contributed by atoms with van der Waals surface area (Å²) >= 11 is 0. The van der Waals surface area contributed by atoms with Crippen molar-refractivity contribution in [3.05, 3.63) is 12.5 Å². The molecule has 2 aromatic heterocycles. The fourth-order valence-corrected chi connectivity index (χ4v) is 3.31. The molecule has 2 aliphatic rings. The van der Waals surface area contributed by atoms with Gasteiger partial charge >= 0.3 is 0 Å². The number of fused-ring (bicyclic) bond motifs is 1. The molecule has 22 heavy (non-hydrogen) atoms. The normalized spacial score (nSPS) is 23.2. The van der Waals surface area contributed by atoms with Crippen LogP contribution in [0.5, 0.6) is 0 Å². The Labute approximate surface area is 130 Å². The third-order valence-electron chi connectivity index (χ3n) is 4.58. The molecule has 0 radical (unpaired) electrons. The second kappa shape index (κ2) is 4.91. The molecule has 0 aromatic carbocycles. The SMILES string of the molecule is CC(C)(C)n1ncc2c(N3CCOC[C@H]3C3CC3)ncnc21. The van der Waals surface area contributed by atoms with E-state index in [9.17, 15) is 0 Å². The van der Waals surface area contributed by atoms with Crippen molar-refractivity contribution in [1.82, 2.24) is 19.7 Å². The Morgan fingerprint density at radius 2 is 2.05 bits per heavy atom. The number of rotatable bonds is 2. The van der Waals surface area contributed by atoms with Gasteiger partial charge in [-0.15, -0.1) is 0 Å².